The second kappa shape index (κ2) is 6.30. The molecule has 5 heteroatoms. The maximum Gasteiger partial charge on any atom is 0.248 e. The van der Waals surface area contributed by atoms with Crippen molar-refractivity contribution in [3.63, 3.8) is 0 Å². The van der Waals surface area contributed by atoms with Gasteiger partial charge in [-0.1, -0.05) is 0 Å². The summed E-state index contributed by atoms with van der Waals surface area (Å²) in [6.07, 6.45) is 3.77. The Balaban J connectivity index is 0.00000144. The van der Waals surface area contributed by atoms with Crippen LogP contribution < -0.4 is 5.73 Å². The lowest BCUT2D eigenvalue weighted by Crippen LogP contribution is -2.45. The van der Waals surface area contributed by atoms with Crippen LogP contribution in [0.5, 0.6) is 0 Å². The van der Waals surface area contributed by atoms with Crippen LogP contribution in [-0.2, 0) is 0 Å². The minimum Gasteiger partial charge on any atom is -0.330 e. The van der Waals surface area contributed by atoms with Crippen molar-refractivity contribution in [2.45, 2.75) is 50.5 Å². The molecule has 0 amide bonds. The van der Waals surface area contributed by atoms with Crippen molar-refractivity contribution < 1.29 is 8.78 Å². The topological polar surface area (TPSA) is 29.3 Å². The number of halogens is 3. The Kier molecular flexibility index (Phi) is 5.61. The van der Waals surface area contributed by atoms with E-state index in [9.17, 15) is 8.78 Å². The number of alkyl halides is 2. The van der Waals surface area contributed by atoms with Crippen LogP contribution in [-0.4, -0.2) is 36.5 Å². The highest BCUT2D eigenvalue weighted by Gasteiger charge is 2.37. The average Bonchev–Trinajstić information content (AvgIpc) is 2.29. The van der Waals surface area contributed by atoms with Gasteiger partial charge in [-0.15, -0.1) is 12.4 Å². The average molecular weight is 269 g/mol. The summed E-state index contributed by atoms with van der Waals surface area (Å²) in [5, 5.41) is 0. The Morgan fingerprint density at radius 2 is 1.59 bits per heavy atom. The summed E-state index contributed by atoms with van der Waals surface area (Å²) in [6, 6.07) is 0.401. The normalized spacial score (nSPS) is 27.7. The highest BCUT2D eigenvalue weighted by Crippen LogP contribution is 2.36. The zero-order valence-electron chi connectivity index (χ0n) is 10.2. The fourth-order valence-electron chi connectivity index (χ4n) is 2.94. The third-order valence-electron chi connectivity index (χ3n) is 4.19. The van der Waals surface area contributed by atoms with Gasteiger partial charge in [-0.2, -0.15) is 0 Å². The lowest BCUT2D eigenvalue weighted by Gasteiger charge is -2.40. The molecule has 0 atom stereocenters. The van der Waals surface area contributed by atoms with E-state index in [2.05, 4.69) is 4.90 Å². The Hall–Kier alpha value is 0.0700. The molecule has 1 heterocycles. The first-order valence-electron chi connectivity index (χ1n) is 6.43. The van der Waals surface area contributed by atoms with Gasteiger partial charge in [0.15, 0.2) is 0 Å². The molecule has 17 heavy (non-hydrogen) atoms. The summed E-state index contributed by atoms with van der Waals surface area (Å²) in [7, 11) is 0. The number of rotatable bonds is 2. The van der Waals surface area contributed by atoms with Gasteiger partial charge in [-0.05, 0) is 51.2 Å². The minimum atomic E-state index is -2.40. The van der Waals surface area contributed by atoms with Crippen molar-refractivity contribution in [1.29, 1.82) is 0 Å². The van der Waals surface area contributed by atoms with Crippen LogP contribution in [0.4, 0.5) is 8.78 Å². The van der Waals surface area contributed by atoms with Crippen molar-refractivity contribution in [3.8, 4) is 0 Å². The van der Waals surface area contributed by atoms with Crippen molar-refractivity contribution in [1.82, 2.24) is 4.90 Å². The standard InChI is InChI=1S/C12H22F2N2.ClH/c13-12(14)5-1-11(2-6-12)16-7-3-10(9-15)4-8-16;/h10-11H,1-9,15H2;1H. The monoisotopic (exact) mass is 268 g/mol. The zero-order valence-corrected chi connectivity index (χ0v) is 11.0. The van der Waals surface area contributed by atoms with E-state index in [1.807, 2.05) is 0 Å². The van der Waals surface area contributed by atoms with Crippen LogP contribution in [0.3, 0.4) is 0 Å². The largest absolute Gasteiger partial charge is 0.330 e. The van der Waals surface area contributed by atoms with Crippen LogP contribution in [0.1, 0.15) is 38.5 Å². The molecule has 0 bridgehead atoms. The van der Waals surface area contributed by atoms with Gasteiger partial charge < -0.3 is 10.6 Å². The van der Waals surface area contributed by atoms with Gasteiger partial charge >= 0.3 is 0 Å². The molecule has 2 rings (SSSR count). The molecule has 1 saturated carbocycles. The van der Waals surface area contributed by atoms with E-state index in [1.165, 1.54) is 0 Å². The van der Waals surface area contributed by atoms with Gasteiger partial charge in [-0.25, -0.2) is 8.78 Å². The predicted octanol–water partition coefficient (Wildman–Crippen LogP) is 2.66. The minimum absolute atomic E-state index is 0. The second-order valence-electron chi connectivity index (χ2n) is 5.30. The van der Waals surface area contributed by atoms with Crippen molar-refractivity contribution >= 4 is 12.4 Å². The van der Waals surface area contributed by atoms with E-state index in [0.717, 1.165) is 32.5 Å². The fourth-order valence-corrected chi connectivity index (χ4v) is 2.94. The molecule has 102 valence electrons. The first-order chi connectivity index (χ1) is 7.61. The summed E-state index contributed by atoms with van der Waals surface area (Å²) in [5.74, 6) is -1.74. The van der Waals surface area contributed by atoms with E-state index in [-0.39, 0.29) is 25.2 Å². The smallest absolute Gasteiger partial charge is 0.248 e. The number of hydrogen-bond donors (Lipinski definition) is 1. The molecule has 1 aliphatic heterocycles. The van der Waals surface area contributed by atoms with Crippen LogP contribution in [0.25, 0.3) is 0 Å². The molecule has 1 saturated heterocycles. The molecule has 0 aromatic rings. The van der Waals surface area contributed by atoms with Gasteiger partial charge in [0.2, 0.25) is 5.92 Å². The highest BCUT2D eigenvalue weighted by molar-refractivity contribution is 5.85. The lowest BCUT2D eigenvalue weighted by molar-refractivity contribution is -0.0566. The number of nitrogens with two attached hydrogens (primary N) is 1. The molecule has 2 aliphatic rings. The number of piperidine rings is 1. The maximum atomic E-state index is 13.0. The maximum absolute atomic E-state index is 13.0. The van der Waals surface area contributed by atoms with Gasteiger partial charge in [0, 0.05) is 18.9 Å². The first-order valence-corrected chi connectivity index (χ1v) is 6.43. The Bertz CT molecular complexity index is 221. The van der Waals surface area contributed by atoms with Gasteiger partial charge in [0.1, 0.15) is 0 Å². The fraction of sp³-hybridized carbons (Fsp3) is 1.00. The van der Waals surface area contributed by atoms with Gasteiger partial charge in [0.25, 0.3) is 0 Å². The van der Waals surface area contributed by atoms with Crippen LogP contribution in [0.2, 0.25) is 0 Å². The summed E-state index contributed by atoms with van der Waals surface area (Å²) >= 11 is 0. The van der Waals surface area contributed by atoms with Gasteiger partial charge in [-0.3, -0.25) is 0 Å². The molecule has 2 nitrogen and oxygen atoms in total. The Labute approximate surface area is 108 Å². The third-order valence-corrected chi connectivity index (χ3v) is 4.19. The summed E-state index contributed by atoms with van der Waals surface area (Å²) in [6.45, 7) is 2.88. The first kappa shape index (κ1) is 15.1. The third kappa shape index (κ3) is 4.04. The molecule has 0 spiro atoms. The predicted molar refractivity (Wildman–Crippen MR) is 67.8 cm³/mol. The molecule has 1 aliphatic carbocycles. The quantitative estimate of drug-likeness (QED) is 0.834. The molecule has 2 fully saturated rings. The number of hydrogen-bond acceptors (Lipinski definition) is 2. The molecule has 0 unspecified atom stereocenters. The summed E-state index contributed by atoms with van der Waals surface area (Å²) < 4.78 is 26.1. The van der Waals surface area contributed by atoms with E-state index in [1.54, 1.807) is 0 Å². The van der Waals surface area contributed by atoms with E-state index < -0.39 is 5.92 Å². The second-order valence-corrected chi connectivity index (χ2v) is 5.30. The SMILES string of the molecule is Cl.NCC1CCN(C2CCC(F)(F)CC2)CC1. The summed E-state index contributed by atoms with van der Waals surface area (Å²) in [5.41, 5.74) is 5.65. The van der Waals surface area contributed by atoms with Crippen molar-refractivity contribution in [2.24, 2.45) is 11.7 Å². The van der Waals surface area contributed by atoms with Crippen LogP contribution >= 0.6 is 12.4 Å². The molecule has 0 aromatic heterocycles. The molecule has 0 radical (unpaired) electrons. The Morgan fingerprint density at radius 1 is 1.06 bits per heavy atom. The zero-order chi connectivity index (χ0) is 11.6. The van der Waals surface area contributed by atoms with Gasteiger partial charge in [0.05, 0.1) is 0 Å². The van der Waals surface area contributed by atoms with Crippen molar-refractivity contribution in [3.05, 3.63) is 0 Å². The van der Waals surface area contributed by atoms with Crippen LogP contribution in [0.15, 0.2) is 0 Å². The molecular weight excluding hydrogens is 246 g/mol. The molecular formula is C12H23ClF2N2. The molecule has 2 N–H and O–H groups in total. The van der Waals surface area contributed by atoms with E-state index in [0.29, 0.717) is 24.8 Å². The lowest BCUT2D eigenvalue weighted by atomic mass is 9.88. The number of nitrogens with zero attached hydrogens (tertiary/aromatic N) is 1. The van der Waals surface area contributed by atoms with Crippen LogP contribution in [0, 0.1) is 5.92 Å². The summed E-state index contributed by atoms with van der Waals surface area (Å²) in [4.78, 5) is 2.40. The Morgan fingerprint density at radius 3 is 2.06 bits per heavy atom. The van der Waals surface area contributed by atoms with Crippen molar-refractivity contribution in [2.75, 3.05) is 19.6 Å². The molecule has 0 aromatic carbocycles. The van der Waals surface area contributed by atoms with E-state index in [4.69, 9.17) is 5.73 Å². The highest BCUT2D eigenvalue weighted by atomic mass is 35.5. The van der Waals surface area contributed by atoms with E-state index >= 15 is 0 Å². The number of likely N-dealkylation sites (tertiary alicyclic amines) is 1.